The van der Waals surface area contributed by atoms with Gasteiger partial charge in [-0.25, -0.2) is 0 Å². The second kappa shape index (κ2) is 3.01. The average Bonchev–Trinajstić information content (AvgIpc) is 1.85. The van der Waals surface area contributed by atoms with Crippen LogP contribution in [-0.2, 0) is 0 Å². The summed E-state index contributed by atoms with van der Waals surface area (Å²) in [5.41, 5.74) is 8.95. The highest BCUT2D eigenvalue weighted by Crippen LogP contribution is 2.12. The number of pyridine rings is 1. The van der Waals surface area contributed by atoms with Gasteiger partial charge in [-0.05, 0) is 32.4 Å². The summed E-state index contributed by atoms with van der Waals surface area (Å²) >= 11 is 0. The van der Waals surface area contributed by atoms with Gasteiger partial charge in [0.15, 0.2) is 0 Å². The molecule has 0 saturated heterocycles. The molecule has 1 unspecified atom stereocenters. The zero-order valence-electron chi connectivity index (χ0n) is 7.26. The number of rotatable bonds is 1. The number of nitrogens with two attached hydrogens (primary N) is 1. The predicted molar refractivity (Wildman–Crippen MR) is 46.3 cm³/mol. The molecule has 11 heavy (non-hydrogen) atoms. The molecule has 1 aromatic heterocycles. The van der Waals surface area contributed by atoms with E-state index in [0.717, 1.165) is 17.0 Å². The minimum absolute atomic E-state index is 0.0862. The third-order valence-electron chi connectivity index (χ3n) is 1.76. The van der Waals surface area contributed by atoms with Gasteiger partial charge in [-0.1, -0.05) is 6.07 Å². The highest BCUT2D eigenvalue weighted by molar-refractivity contribution is 5.23. The number of hydrogen-bond donors (Lipinski definition) is 1. The molecule has 1 atom stereocenters. The van der Waals surface area contributed by atoms with Crippen LogP contribution in [0.1, 0.15) is 29.9 Å². The van der Waals surface area contributed by atoms with E-state index < -0.39 is 0 Å². The van der Waals surface area contributed by atoms with E-state index >= 15 is 0 Å². The van der Waals surface area contributed by atoms with Gasteiger partial charge in [0, 0.05) is 17.4 Å². The van der Waals surface area contributed by atoms with Gasteiger partial charge >= 0.3 is 0 Å². The van der Waals surface area contributed by atoms with Crippen molar-refractivity contribution < 1.29 is 0 Å². The van der Waals surface area contributed by atoms with Crippen molar-refractivity contribution in [1.29, 1.82) is 0 Å². The first-order chi connectivity index (χ1) is 5.11. The smallest absolute Gasteiger partial charge is 0.0423 e. The lowest BCUT2D eigenvalue weighted by Gasteiger charge is -2.08. The van der Waals surface area contributed by atoms with Crippen molar-refractivity contribution in [2.24, 2.45) is 5.73 Å². The molecule has 2 N–H and O–H groups in total. The van der Waals surface area contributed by atoms with Crippen molar-refractivity contribution in [2.75, 3.05) is 0 Å². The van der Waals surface area contributed by atoms with Gasteiger partial charge in [0.05, 0.1) is 0 Å². The largest absolute Gasteiger partial charge is 0.324 e. The van der Waals surface area contributed by atoms with E-state index in [-0.39, 0.29) is 6.04 Å². The van der Waals surface area contributed by atoms with Gasteiger partial charge in [0.25, 0.3) is 0 Å². The van der Waals surface area contributed by atoms with Crippen LogP contribution in [0.2, 0.25) is 0 Å². The summed E-state index contributed by atoms with van der Waals surface area (Å²) in [6.07, 6.45) is 0. The molecule has 1 aromatic rings. The van der Waals surface area contributed by atoms with Crippen molar-refractivity contribution in [3.05, 3.63) is 29.1 Å². The molecule has 0 fully saturated rings. The van der Waals surface area contributed by atoms with Gasteiger partial charge in [-0.2, -0.15) is 0 Å². The van der Waals surface area contributed by atoms with Crippen molar-refractivity contribution in [2.45, 2.75) is 26.8 Å². The molecule has 0 aliphatic carbocycles. The lowest BCUT2D eigenvalue weighted by atomic mass is 10.1. The molecule has 0 bridgehead atoms. The van der Waals surface area contributed by atoms with Gasteiger partial charge in [-0.15, -0.1) is 0 Å². The highest BCUT2D eigenvalue weighted by atomic mass is 14.7. The maximum Gasteiger partial charge on any atom is 0.0423 e. The van der Waals surface area contributed by atoms with Crippen LogP contribution in [0.25, 0.3) is 0 Å². The molecule has 0 aliphatic heterocycles. The third-order valence-corrected chi connectivity index (χ3v) is 1.76. The molecule has 60 valence electrons. The van der Waals surface area contributed by atoms with Crippen LogP contribution < -0.4 is 5.73 Å². The number of hydrogen-bond acceptors (Lipinski definition) is 2. The summed E-state index contributed by atoms with van der Waals surface area (Å²) in [7, 11) is 0. The normalized spacial score (nSPS) is 13.1. The summed E-state index contributed by atoms with van der Waals surface area (Å²) in [5, 5.41) is 0. The second-order valence-electron chi connectivity index (χ2n) is 2.92. The molecule has 0 aromatic carbocycles. The SMILES string of the molecule is Cc1ccc(C(C)N)c(C)n1. The molecular formula is C9H14N2. The Bertz CT molecular complexity index is 254. The Kier molecular flexibility index (Phi) is 2.25. The molecule has 1 rings (SSSR count). The molecule has 2 heteroatoms. The quantitative estimate of drug-likeness (QED) is 0.662. The van der Waals surface area contributed by atoms with E-state index in [4.69, 9.17) is 5.73 Å². The third kappa shape index (κ3) is 1.77. The summed E-state index contributed by atoms with van der Waals surface area (Å²) in [4.78, 5) is 4.31. The minimum Gasteiger partial charge on any atom is -0.324 e. The van der Waals surface area contributed by atoms with E-state index in [0.29, 0.717) is 0 Å². The Morgan fingerprint density at radius 1 is 1.36 bits per heavy atom. The zero-order chi connectivity index (χ0) is 8.43. The van der Waals surface area contributed by atoms with Crippen LogP contribution in [0.4, 0.5) is 0 Å². The summed E-state index contributed by atoms with van der Waals surface area (Å²) in [6.45, 7) is 5.95. The first-order valence-electron chi connectivity index (χ1n) is 3.81. The summed E-state index contributed by atoms with van der Waals surface area (Å²) < 4.78 is 0. The number of aryl methyl sites for hydroxylation is 2. The van der Waals surface area contributed by atoms with Gasteiger partial charge in [0.1, 0.15) is 0 Å². The zero-order valence-corrected chi connectivity index (χ0v) is 7.26. The Balaban J connectivity index is 3.09. The van der Waals surface area contributed by atoms with E-state index in [1.54, 1.807) is 0 Å². The van der Waals surface area contributed by atoms with Crippen LogP contribution in [0.15, 0.2) is 12.1 Å². The molecule has 2 nitrogen and oxygen atoms in total. The molecule has 0 radical (unpaired) electrons. The van der Waals surface area contributed by atoms with Crippen LogP contribution in [0, 0.1) is 13.8 Å². The molecule has 0 saturated carbocycles. The van der Waals surface area contributed by atoms with E-state index in [2.05, 4.69) is 4.98 Å². The van der Waals surface area contributed by atoms with Gasteiger partial charge in [-0.3, -0.25) is 4.98 Å². The van der Waals surface area contributed by atoms with Crippen LogP contribution >= 0.6 is 0 Å². The van der Waals surface area contributed by atoms with Crippen molar-refractivity contribution >= 4 is 0 Å². The lowest BCUT2D eigenvalue weighted by molar-refractivity contribution is 0.797. The Labute approximate surface area is 67.5 Å². The molecule has 1 heterocycles. The van der Waals surface area contributed by atoms with Gasteiger partial charge < -0.3 is 5.73 Å². The minimum atomic E-state index is 0.0862. The average molecular weight is 150 g/mol. The van der Waals surface area contributed by atoms with Crippen LogP contribution in [0.5, 0.6) is 0 Å². The van der Waals surface area contributed by atoms with E-state index in [1.807, 2.05) is 32.9 Å². The van der Waals surface area contributed by atoms with Crippen LogP contribution in [-0.4, -0.2) is 4.98 Å². The second-order valence-corrected chi connectivity index (χ2v) is 2.92. The Morgan fingerprint density at radius 2 is 2.00 bits per heavy atom. The number of aromatic nitrogens is 1. The molecule has 0 aliphatic rings. The fraction of sp³-hybridized carbons (Fsp3) is 0.444. The Hall–Kier alpha value is -0.890. The number of nitrogens with zero attached hydrogens (tertiary/aromatic N) is 1. The topological polar surface area (TPSA) is 38.9 Å². The fourth-order valence-electron chi connectivity index (χ4n) is 1.18. The van der Waals surface area contributed by atoms with Crippen molar-refractivity contribution in [3.8, 4) is 0 Å². The molecule has 0 spiro atoms. The van der Waals surface area contributed by atoms with Crippen molar-refractivity contribution in [1.82, 2.24) is 4.98 Å². The Morgan fingerprint density at radius 3 is 2.45 bits per heavy atom. The lowest BCUT2D eigenvalue weighted by Crippen LogP contribution is -2.08. The summed E-state index contributed by atoms with van der Waals surface area (Å²) in [5.74, 6) is 0. The summed E-state index contributed by atoms with van der Waals surface area (Å²) in [6, 6.07) is 4.12. The van der Waals surface area contributed by atoms with E-state index in [9.17, 15) is 0 Å². The predicted octanol–water partition coefficient (Wildman–Crippen LogP) is 1.72. The van der Waals surface area contributed by atoms with E-state index in [1.165, 1.54) is 0 Å². The molecular weight excluding hydrogens is 136 g/mol. The van der Waals surface area contributed by atoms with Gasteiger partial charge in [0.2, 0.25) is 0 Å². The van der Waals surface area contributed by atoms with Crippen LogP contribution in [0.3, 0.4) is 0 Å². The first-order valence-corrected chi connectivity index (χ1v) is 3.81. The maximum atomic E-state index is 5.72. The first kappa shape index (κ1) is 8.21. The van der Waals surface area contributed by atoms with Crippen molar-refractivity contribution in [3.63, 3.8) is 0 Å². The fourth-order valence-corrected chi connectivity index (χ4v) is 1.18. The molecule has 0 amide bonds. The maximum absolute atomic E-state index is 5.72. The highest BCUT2D eigenvalue weighted by Gasteiger charge is 2.03. The monoisotopic (exact) mass is 150 g/mol. The standard InChI is InChI=1S/C9H14N2/c1-6-4-5-9(7(2)10)8(3)11-6/h4-5,7H,10H2,1-3H3.